The minimum absolute atomic E-state index is 0.130. The summed E-state index contributed by atoms with van der Waals surface area (Å²) in [6.07, 6.45) is 1.96. The Labute approximate surface area is 237 Å². The number of hydrogen-bond acceptors (Lipinski definition) is 6. The van der Waals surface area contributed by atoms with Gasteiger partial charge in [0.1, 0.15) is 0 Å². The van der Waals surface area contributed by atoms with Gasteiger partial charge in [-0.3, -0.25) is 14.2 Å². The maximum Gasteiger partial charge on any atom is 0.262 e. The van der Waals surface area contributed by atoms with Crippen molar-refractivity contribution in [1.82, 2.24) is 9.55 Å². The predicted molar refractivity (Wildman–Crippen MR) is 159 cm³/mol. The van der Waals surface area contributed by atoms with Gasteiger partial charge in [-0.1, -0.05) is 67.5 Å². The fourth-order valence-electron chi connectivity index (χ4n) is 4.32. The summed E-state index contributed by atoms with van der Waals surface area (Å²) in [4.78, 5) is 32.0. The van der Waals surface area contributed by atoms with Crippen LogP contribution in [0.2, 0.25) is 5.02 Å². The molecule has 7 nitrogen and oxygen atoms in total. The fourth-order valence-corrected chi connectivity index (χ4v) is 5.49. The van der Waals surface area contributed by atoms with E-state index in [1.165, 1.54) is 26.0 Å². The number of amides is 1. The Morgan fingerprint density at radius 3 is 2.41 bits per heavy atom. The molecule has 39 heavy (non-hydrogen) atoms. The van der Waals surface area contributed by atoms with Crippen molar-refractivity contribution >= 4 is 45.9 Å². The quantitative estimate of drug-likeness (QED) is 0.168. The van der Waals surface area contributed by atoms with Gasteiger partial charge in [-0.25, -0.2) is 4.98 Å². The van der Waals surface area contributed by atoms with Gasteiger partial charge in [-0.05, 0) is 54.7 Å². The molecule has 0 spiro atoms. The molecule has 1 aromatic heterocycles. The molecule has 0 aliphatic carbocycles. The van der Waals surface area contributed by atoms with Crippen LogP contribution in [0.15, 0.2) is 70.6 Å². The van der Waals surface area contributed by atoms with Crippen LogP contribution in [0.3, 0.4) is 0 Å². The number of para-hydroxylation sites is 1. The summed E-state index contributed by atoms with van der Waals surface area (Å²) in [7, 11) is 3.07. The second kappa shape index (κ2) is 13.0. The van der Waals surface area contributed by atoms with E-state index in [-0.39, 0.29) is 11.5 Å². The smallest absolute Gasteiger partial charge is 0.262 e. The van der Waals surface area contributed by atoms with Crippen molar-refractivity contribution in [1.29, 1.82) is 0 Å². The first kappa shape index (κ1) is 28.5. The first-order valence-electron chi connectivity index (χ1n) is 12.8. The molecule has 0 bridgehead atoms. The zero-order valence-corrected chi connectivity index (χ0v) is 24.1. The average Bonchev–Trinajstić information content (AvgIpc) is 2.96. The van der Waals surface area contributed by atoms with Crippen molar-refractivity contribution in [3.05, 3.63) is 87.2 Å². The second-order valence-corrected chi connectivity index (χ2v) is 10.6. The van der Waals surface area contributed by atoms with E-state index in [9.17, 15) is 9.59 Å². The molecule has 0 fully saturated rings. The number of ether oxygens (including phenoxy) is 2. The van der Waals surface area contributed by atoms with Gasteiger partial charge in [0.25, 0.3) is 5.56 Å². The Morgan fingerprint density at radius 2 is 1.74 bits per heavy atom. The number of carbonyl (C=O) groups is 1. The summed E-state index contributed by atoms with van der Waals surface area (Å²) in [6.45, 7) is 4.39. The molecule has 204 valence electrons. The van der Waals surface area contributed by atoms with Gasteiger partial charge in [0, 0.05) is 23.3 Å². The molecule has 0 aliphatic heterocycles. The molecular formula is C30H32ClN3O4S. The largest absolute Gasteiger partial charge is 0.493 e. The number of nitrogens with zero attached hydrogens (tertiary/aromatic N) is 2. The molecule has 4 aromatic rings. The van der Waals surface area contributed by atoms with Crippen molar-refractivity contribution in [2.75, 3.05) is 19.5 Å². The summed E-state index contributed by atoms with van der Waals surface area (Å²) in [6, 6.07) is 18.7. The molecule has 1 atom stereocenters. The van der Waals surface area contributed by atoms with Crippen molar-refractivity contribution < 1.29 is 14.3 Å². The maximum absolute atomic E-state index is 13.8. The highest BCUT2D eigenvalue weighted by Crippen LogP contribution is 2.32. The maximum atomic E-state index is 13.8. The van der Waals surface area contributed by atoms with Crippen molar-refractivity contribution in [2.24, 2.45) is 0 Å². The van der Waals surface area contributed by atoms with Gasteiger partial charge < -0.3 is 14.8 Å². The summed E-state index contributed by atoms with van der Waals surface area (Å²) in [5.74, 6) is 0.802. The van der Waals surface area contributed by atoms with E-state index in [0.29, 0.717) is 52.0 Å². The SMILES string of the molecule is CCc1ccccc1NC(=O)[C@@H](CC)Sc1nc2cc(OC)c(OC)cc2c(=O)n1CCc1ccc(Cl)cc1. The summed E-state index contributed by atoms with van der Waals surface area (Å²) in [5, 5.41) is 4.16. The molecule has 0 unspecified atom stereocenters. The minimum atomic E-state index is -0.457. The van der Waals surface area contributed by atoms with Crippen LogP contribution in [0.5, 0.6) is 11.5 Å². The first-order chi connectivity index (χ1) is 18.9. The Morgan fingerprint density at radius 1 is 1.05 bits per heavy atom. The monoisotopic (exact) mass is 565 g/mol. The molecule has 9 heteroatoms. The Hall–Kier alpha value is -3.49. The highest BCUT2D eigenvalue weighted by atomic mass is 35.5. The molecule has 0 aliphatic rings. The number of aromatic nitrogens is 2. The van der Waals surface area contributed by atoms with Crippen LogP contribution in [0, 0.1) is 0 Å². The van der Waals surface area contributed by atoms with Gasteiger partial charge >= 0.3 is 0 Å². The standard InChI is InChI=1S/C30H32ClN3O4S/c1-5-20-9-7-8-10-23(20)32-28(35)27(6-2)39-30-33-24-18-26(38-4)25(37-3)17-22(24)29(36)34(30)16-15-19-11-13-21(31)14-12-19/h7-14,17-18,27H,5-6,15-16H2,1-4H3,(H,32,35)/t27-/m1/s1. The van der Waals surface area contributed by atoms with Crippen molar-refractivity contribution in [2.45, 2.75) is 50.1 Å². The number of benzene rings is 3. The Balaban J connectivity index is 1.73. The van der Waals surface area contributed by atoms with Crippen molar-refractivity contribution in [3.63, 3.8) is 0 Å². The number of carbonyl (C=O) groups excluding carboxylic acids is 1. The lowest BCUT2D eigenvalue weighted by molar-refractivity contribution is -0.115. The van der Waals surface area contributed by atoms with E-state index in [4.69, 9.17) is 26.1 Å². The van der Waals surface area contributed by atoms with Crippen LogP contribution in [0.4, 0.5) is 5.69 Å². The average molecular weight is 566 g/mol. The highest BCUT2D eigenvalue weighted by molar-refractivity contribution is 8.00. The molecule has 0 saturated carbocycles. The van der Waals surface area contributed by atoms with Crippen LogP contribution < -0.4 is 20.3 Å². The van der Waals surface area contributed by atoms with Crippen LogP contribution in [0.1, 0.15) is 31.4 Å². The Kier molecular flexibility index (Phi) is 9.54. The van der Waals surface area contributed by atoms with E-state index in [1.54, 1.807) is 16.7 Å². The molecule has 1 N–H and O–H groups in total. The number of methoxy groups -OCH3 is 2. The van der Waals surface area contributed by atoms with Gasteiger partial charge in [0.05, 0.1) is 30.4 Å². The normalized spacial score (nSPS) is 11.8. The summed E-state index contributed by atoms with van der Waals surface area (Å²) < 4.78 is 12.5. The third kappa shape index (κ3) is 6.57. The topological polar surface area (TPSA) is 82.5 Å². The summed E-state index contributed by atoms with van der Waals surface area (Å²) >= 11 is 7.34. The highest BCUT2D eigenvalue weighted by Gasteiger charge is 2.23. The number of anilines is 1. The molecule has 3 aromatic carbocycles. The van der Waals surface area contributed by atoms with E-state index in [0.717, 1.165) is 23.2 Å². The van der Waals surface area contributed by atoms with E-state index >= 15 is 0 Å². The number of hydrogen-bond donors (Lipinski definition) is 1. The number of halogens is 1. The predicted octanol–water partition coefficient (Wildman–Crippen LogP) is 6.38. The van der Waals surface area contributed by atoms with E-state index < -0.39 is 5.25 Å². The Bertz CT molecular complexity index is 1520. The molecular weight excluding hydrogens is 534 g/mol. The van der Waals surface area contributed by atoms with Gasteiger partial charge in [0.2, 0.25) is 5.91 Å². The number of thioether (sulfide) groups is 1. The van der Waals surface area contributed by atoms with E-state index in [2.05, 4.69) is 12.2 Å². The summed E-state index contributed by atoms with van der Waals surface area (Å²) in [5.41, 5.74) is 3.18. The molecule has 0 radical (unpaired) electrons. The zero-order chi connectivity index (χ0) is 27.9. The number of fused-ring (bicyclic) bond motifs is 1. The van der Waals surface area contributed by atoms with Gasteiger partial charge in [-0.15, -0.1) is 0 Å². The van der Waals surface area contributed by atoms with Crippen LogP contribution in [-0.2, 0) is 24.2 Å². The number of aryl methyl sites for hydroxylation is 2. The van der Waals surface area contributed by atoms with Crippen molar-refractivity contribution in [3.8, 4) is 11.5 Å². The van der Waals surface area contributed by atoms with Crippen LogP contribution in [0.25, 0.3) is 10.9 Å². The zero-order valence-electron chi connectivity index (χ0n) is 22.5. The number of rotatable bonds is 11. The molecule has 0 saturated heterocycles. The third-order valence-corrected chi connectivity index (χ3v) is 8.14. The lowest BCUT2D eigenvalue weighted by Gasteiger charge is -2.19. The fraction of sp³-hybridized carbons (Fsp3) is 0.300. The van der Waals surface area contributed by atoms with Crippen LogP contribution >= 0.6 is 23.4 Å². The van der Waals surface area contributed by atoms with Crippen LogP contribution in [-0.4, -0.2) is 34.9 Å². The lowest BCUT2D eigenvalue weighted by Crippen LogP contribution is -2.29. The van der Waals surface area contributed by atoms with E-state index in [1.807, 2.05) is 55.5 Å². The molecule has 1 heterocycles. The first-order valence-corrected chi connectivity index (χ1v) is 14.1. The molecule has 4 rings (SSSR count). The molecule has 1 amide bonds. The van der Waals surface area contributed by atoms with Gasteiger partial charge in [-0.2, -0.15) is 0 Å². The second-order valence-electron chi connectivity index (χ2n) is 8.97. The minimum Gasteiger partial charge on any atom is -0.493 e. The van der Waals surface area contributed by atoms with Gasteiger partial charge in [0.15, 0.2) is 16.7 Å². The number of nitrogens with one attached hydrogen (secondary N) is 1. The third-order valence-electron chi connectivity index (χ3n) is 6.53. The lowest BCUT2D eigenvalue weighted by atomic mass is 10.1.